The van der Waals surface area contributed by atoms with Crippen LogP contribution in [0.2, 0.25) is 0 Å². The summed E-state index contributed by atoms with van der Waals surface area (Å²) < 4.78 is 0. The fraction of sp³-hybridized carbons (Fsp3) is 0.421. The summed E-state index contributed by atoms with van der Waals surface area (Å²) in [4.78, 5) is 6.79. The average Bonchev–Trinajstić information content (AvgIpc) is 2.60. The number of rotatable bonds is 3. The highest BCUT2D eigenvalue weighted by atomic mass is 16.3. The number of aliphatic hydroxyl groups excluding tert-OH is 1. The van der Waals surface area contributed by atoms with E-state index < -0.39 is 0 Å². The molecule has 4 heterocycles. The normalized spacial score (nSPS) is 31.9. The second-order valence-corrected chi connectivity index (χ2v) is 6.53. The van der Waals surface area contributed by atoms with E-state index in [1.54, 1.807) is 0 Å². The third-order valence-corrected chi connectivity index (χ3v) is 5.37. The molecule has 5 rings (SSSR count). The van der Waals surface area contributed by atoms with Crippen molar-refractivity contribution < 1.29 is 5.11 Å². The number of piperidine rings is 3. The molecule has 2 aromatic rings. The van der Waals surface area contributed by atoms with Crippen molar-refractivity contribution in [1.29, 1.82) is 0 Å². The first-order valence-electron chi connectivity index (χ1n) is 8.21. The number of aromatic nitrogens is 1. The Labute approximate surface area is 131 Å². The molecule has 3 nitrogen and oxygen atoms in total. The second kappa shape index (κ2) is 5.82. The van der Waals surface area contributed by atoms with Gasteiger partial charge in [-0.25, -0.2) is 0 Å². The topological polar surface area (TPSA) is 36.4 Å². The highest BCUT2D eigenvalue weighted by Gasteiger charge is 2.45. The Bertz CT molecular complexity index is 566. The lowest BCUT2D eigenvalue weighted by Gasteiger charge is -2.51. The number of hydrogen-bond donors (Lipinski definition) is 1. The Balaban J connectivity index is 1.78. The van der Waals surface area contributed by atoms with Gasteiger partial charge in [0, 0.05) is 24.4 Å². The molecule has 3 unspecified atom stereocenters. The molecule has 3 atom stereocenters. The molecule has 0 radical (unpaired) electrons. The number of benzene rings is 1. The van der Waals surface area contributed by atoms with Gasteiger partial charge in [-0.15, -0.1) is 0 Å². The van der Waals surface area contributed by atoms with Crippen molar-refractivity contribution in [3.8, 4) is 0 Å². The van der Waals surface area contributed by atoms with Gasteiger partial charge in [0.2, 0.25) is 0 Å². The van der Waals surface area contributed by atoms with Crippen molar-refractivity contribution in [2.75, 3.05) is 13.1 Å². The summed E-state index contributed by atoms with van der Waals surface area (Å²) in [5, 5.41) is 10.9. The molecule has 0 spiro atoms. The van der Waals surface area contributed by atoms with E-state index in [0.717, 1.165) is 25.9 Å². The van der Waals surface area contributed by atoms with Crippen LogP contribution in [0.25, 0.3) is 0 Å². The standard InChI is InChI=1S/C19H22N2O/c22-19-15-8-11-21(12-9-15)18(19)17(14-5-2-1-3-6-14)16-7-4-10-20-13-16/h1-7,10,13,15,17-19,22H,8-9,11-12H2. The van der Waals surface area contributed by atoms with Crippen LogP contribution in [-0.4, -0.2) is 40.2 Å². The van der Waals surface area contributed by atoms with Crippen LogP contribution in [0.3, 0.4) is 0 Å². The Morgan fingerprint density at radius 2 is 1.73 bits per heavy atom. The summed E-state index contributed by atoms with van der Waals surface area (Å²) in [6.45, 7) is 2.21. The quantitative estimate of drug-likeness (QED) is 0.945. The number of pyridine rings is 1. The fourth-order valence-electron chi connectivity index (χ4n) is 4.27. The number of aliphatic hydroxyl groups is 1. The van der Waals surface area contributed by atoms with Gasteiger partial charge in [0.25, 0.3) is 0 Å². The Morgan fingerprint density at radius 3 is 2.36 bits per heavy atom. The van der Waals surface area contributed by atoms with Crippen molar-refractivity contribution >= 4 is 0 Å². The van der Waals surface area contributed by atoms with Crippen LogP contribution in [0.1, 0.15) is 29.9 Å². The largest absolute Gasteiger partial charge is 0.391 e. The van der Waals surface area contributed by atoms with E-state index in [9.17, 15) is 5.11 Å². The van der Waals surface area contributed by atoms with E-state index in [1.165, 1.54) is 11.1 Å². The smallest absolute Gasteiger partial charge is 0.0733 e. The van der Waals surface area contributed by atoms with E-state index in [4.69, 9.17) is 0 Å². The van der Waals surface area contributed by atoms with E-state index in [2.05, 4.69) is 40.2 Å². The zero-order valence-electron chi connectivity index (χ0n) is 12.7. The molecule has 3 aliphatic heterocycles. The maximum Gasteiger partial charge on any atom is 0.0733 e. The summed E-state index contributed by atoms with van der Waals surface area (Å²) in [5.41, 5.74) is 2.47. The molecule has 114 valence electrons. The van der Waals surface area contributed by atoms with E-state index in [1.807, 2.05) is 24.5 Å². The average molecular weight is 294 g/mol. The molecule has 3 aliphatic rings. The van der Waals surface area contributed by atoms with Gasteiger partial charge in [-0.05, 0) is 49.0 Å². The predicted molar refractivity (Wildman–Crippen MR) is 86.6 cm³/mol. The molecule has 3 heteroatoms. The van der Waals surface area contributed by atoms with Crippen LogP contribution in [0.5, 0.6) is 0 Å². The van der Waals surface area contributed by atoms with Crippen molar-refractivity contribution in [2.24, 2.45) is 5.92 Å². The fourth-order valence-corrected chi connectivity index (χ4v) is 4.27. The first-order valence-corrected chi connectivity index (χ1v) is 8.21. The third kappa shape index (κ3) is 2.34. The van der Waals surface area contributed by atoms with Crippen LogP contribution in [0.4, 0.5) is 0 Å². The minimum atomic E-state index is -0.243. The monoisotopic (exact) mass is 294 g/mol. The van der Waals surface area contributed by atoms with Crippen LogP contribution in [-0.2, 0) is 0 Å². The first kappa shape index (κ1) is 13.9. The number of hydrogen-bond acceptors (Lipinski definition) is 3. The van der Waals surface area contributed by atoms with Crippen LogP contribution < -0.4 is 0 Å². The van der Waals surface area contributed by atoms with Gasteiger partial charge >= 0.3 is 0 Å². The van der Waals surface area contributed by atoms with Gasteiger partial charge in [0.1, 0.15) is 0 Å². The lowest BCUT2D eigenvalue weighted by atomic mass is 9.72. The van der Waals surface area contributed by atoms with Gasteiger partial charge in [-0.2, -0.15) is 0 Å². The molecule has 22 heavy (non-hydrogen) atoms. The number of nitrogens with zero attached hydrogens (tertiary/aromatic N) is 2. The molecule has 0 saturated carbocycles. The van der Waals surface area contributed by atoms with Crippen molar-refractivity contribution in [2.45, 2.75) is 30.9 Å². The maximum atomic E-state index is 10.9. The van der Waals surface area contributed by atoms with Gasteiger partial charge in [0.05, 0.1) is 6.10 Å². The highest BCUT2D eigenvalue weighted by molar-refractivity contribution is 5.34. The van der Waals surface area contributed by atoms with Gasteiger partial charge in [0.15, 0.2) is 0 Å². The Kier molecular flexibility index (Phi) is 3.68. The van der Waals surface area contributed by atoms with Crippen LogP contribution >= 0.6 is 0 Å². The van der Waals surface area contributed by atoms with Gasteiger partial charge in [-0.3, -0.25) is 9.88 Å². The molecule has 0 amide bonds. The molecule has 1 N–H and O–H groups in total. The molecule has 2 bridgehead atoms. The van der Waals surface area contributed by atoms with E-state index in [-0.39, 0.29) is 18.1 Å². The summed E-state index contributed by atoms with van der Waals surface area (Å²) >= 11 is 0. The highest BCUT2D eigenvalue weighted by Crippen LogP contribution is 2.41. The lowest BCUT2D eigenvalue weighted by molar-refractivity contribution is -0.0775. The Morgan fingerprint density at radius 1 is 1.00 bits per heavy atom. The minimum Gasteiger partial charge on any atom is -0.391 e. The summed E-state index contributed by atoms with van der Waals surface area (Å²) in [5.74, 6) is 0.644. The van der Waals surface area contributed by atoms with E-state index >= 15 is 0 Å². The summed E-state index contributed by atoms with van der Waals surface area (Å²) in [6, 6.07) is 14.9. The second-order valence-electron chi connectivity index (χ2n) is 6.53. The minimum absolute atomic E-state index is 0.166. The molecule has 0 aliphatic carbocycles. The Hall–Kier alpha value is -1.71. The molecular formula is C19H22N2O. The maximum absolute atomic E-state index is 10.9. The van der Waals surface area contributed by atoms with Gasteiger partial charge < -0.3 is 5.11 Å². The van der Waals surface area contributed by atoms with E-state index in [0.29, 0.717) is 5.92 Å². The summed E-state index contributed by atoms with van der Waals surface area (Å²) in [7, 11) is 0. The third-order valence-electron chi connectivity index (χ3n) is 5.37. The number of fused-ring (bicyclic) bond motifs is 3. The first-order chi connectivity index (χ1) is 10.8. The van der Waals surface area contributed by atoms with Crippen molar-refractivity contribution in [3.05, 3.63) is 66.0 Å². The van der Waals surface area contributed by atoms with Gasteiger partial charge in [-0.1, -0.05) is 36.4 Å². The van der Waals surface area contributed by atoms with Crippen molar-refractivity contribution in [3.63, 3.8) is 0 Å². The zero-order valence-corrected chi connectivity index (χ0v) is 12.7. The molecular weight excluding hydrogens is 272 g/mol. The van der Waals surface area contributed by atoms with Crippen LogP contribution in [0.15, 0.2) is 54.9 Å². The SMILES string of the molecule is OC1C2CCN(CC2)C1C(c1ccccc1)c1cccnc1. The summed E-state index contributed by atoms with van der Waals surface area (Å²) in [6.07, 6.45) is 5.79. The molecule has 3 fully saturated rings. The van der Waals surface area contributed by atoms with Crippen molar-refractivity contribution in [1.82, 2.24) is 9.88 Å². The van der Waals surface area contributed by atoms with Crippen LogP contribution in [0, 0.1) is 5.92 Å². The zero-order chi connectivity index (χ0) is 14.9. The lowest BCUT2D eigenvalue weighted by Crippen LogP contribution is -2.60. The molecule has 1 aromatic heterocycles. The predicted octanol–water partition coefficient (Wildman–Crippen LogP) is 2.67. The molecule has 1 aromatic carbocycles. The molecule has 3 saturated heterocycles.